The molecule has 2 unspecified atom stereocenters. The van der Waals surface area contributed by atoms with Crippen LogP contribution in [0.1, 0.15) is 20.3 Å². The largest absolute Gasteiger partial charge is 0.481 e. The van der Waals surface area contributed by atoms with Crippen molar-refractivity contribution in [3.8, 4) is 0 Å². The number of likely N-dealkylation sites (N-methyl/N-ethyl adjacent to an activating group) is 1. The summed E-state index contributed by atoms with van der Waals surface area (Å²) in [6, 6.07) is 0. The first kappa shape index (κ1) is 14.4. The monoisotopic (exact) mass is 244 g/mol. The van der Waals surface area contributed by atoms with Crippen molar-refractivity contribution in [2.24, 2.45) is 0 Å². The number of ether oxygens (including phenoxy) is 1. The Bertz CT molecular complexity index is 264. The number of carboxylic acids is 1. The number of rotatable bonds is 5. The molecule has 1 heterocycles. The van der Waals surface area contributed by atoms with Crippen LogP contribution in [0.5, 0.6) is 0 Å². The number of hydrogen-bond acceptors (Lipinski definition) is 4. The van der Waals surface area contributed by atoms with E-state index in [0.717, 1.165) is 26.2 Å². The topological polar surface area (TPSA) is 53.0 Å². The first-order valence-electron chi connectivity index (χ1n) is 6.08. The van der Waals surface area contributed by atoms with Crippen molar-refractivity contribution < 1.29 is 14.6 Å². The van der Waals surface area contributed by atoms with E-state index in [1.165, 1.54) is 0 Å². The van der Waals surface area contributed by atoms with Crippen molar-refractivity contribution in [2.45, 2.75) is 31.9 Å². The molecule has 0 aromatic heterocycles. The van der Waals surface area contributed by atoms with E-state index in [1.54, 1.807) is 7.11 Å². The summed E-state index contributed by atoms with van der Waals surface area (Å²) < 4.78 is 5.38. The molecule has 5 nitrogen and oxygen atoms in total. The molecule has 2 atom stereocenters. The molecule has 1 fully saturated rings. The molecule has 1 N–H and O–H groups in total. The van der Waals surface area contributed by atoms with Gasteiger partial charge in [-0.3, -0.25) is 9.69 Å². The lowest BCUT2D eigenvalue weighted by Gasteiger charge is -2.47. The first-order valence-corrected chi connectivity index (χ1v) is 6.08. The Morgan fingerprint density at radius 1 is 1.41 bits per heavy atom. The zero-order valence-corrected chi connectivity index (χ0v) is 11.3. The van der Waals surface area contributed by atoms with Gasteiger partial charge in [0.2, 0.25) is 0 Å². The van der Waals surface area contributed by atoms with Gasteiger partial charge in [0, 0.05) is 33.3 Å². The summed E-state index contributed by atoms with van der Waals surface area (Å²) in [5.41, 5.74) is -0.429. The zero-order valence-electron chi connectivity index (χ0n) is 11.3. The summed E-state index contributed by atoms with van der Waals surface area (Å²) in [7, 11) is 3.73. The first-order chi connectivity index (χ1) is 7.90. The predicted molar refractivity (Wildman–Crippen MR) is 66.2 cm³/mol. The highest BCUT2D eigenvalue weighted by Crippen LogP contribution is 2.27. The number of methoxy groups -OCH3 is 1. The van der Waals surface area contributed by atoms with E-state index in [-0.39, 0.29) is 12.5 Å². The quantitative estimate of drug-likeness (QED) is 0.763. The van der Waals surface area contributed by atoms with Crippen molar-refractivity contribution in [1.29, 1.82) is 0 Å². The highest BCUT2D eigenvalue weighted by Gasteiger charge is 2.40. The normalized spacial score (nSPS) is 24.2. The fourth-order valence-electron chi connectivity index (χ4n) is 2.39. The van der Waals surface area contributed by atoms with Gasteiger partial charge in [-0.1, -0.05) is 0 Å². The molecule has 0 spiro atoms. The average molecular weight is 244 g/mol. The van der Waals surface area contributed by atoms with E-state index in [9.17, 15) is 4.79 Å². The van der Waals surface area contributed by atoms with Crippen molar-refractivity contribution in [1.82, 2.24) is 9.80 Å². The molecule has 17 heavy (non-hydrogen) atoms. The molecule has 0 radical (unpaired) electrons. The minimum absolute atomic E-state index is 0.0954. The molecule has 100 valence electrons. The smallest absolute Gasteiger partial charge is 0.305 e. The van der Waals surface area contributed by atoms with Crippen molar-refractivity contribution >= 4 is 5.97 Å². The van der Waals surface area contributed by atoms with Crippen molar-refractivity contribution in [3.63, 3.8) is 0 Å². The lowest BCUT2D eigenvalue weighted by molar-refractivity contribution is -0.144. The second-order valence-corrected chi connectivity index (χ2v) is 5.10. The van der Waals surface area contributed by atoms with E-state index in [2.05, 4.69) is 16.8 Å². The second kappa shape index (κ2) is 5.80. The molecule has 1 saturated heterocycles. The van der Waals surface area contributed by atoms with Crippen LogP contribution >= 0.6 is 0 Å². The fraction of sp³-hybridized carbons (Fsp3) is 0.917. The molecule has 0 aromatic rings. The molecule has 0 aromatic carbocycles. The molecule has 0 aliphatic carbocycles. The average Bonchev–Trinajstić information content (AvgIpc) is 2.27. The Labute approximate surface area is 103 Å². The van der Waals surface area contributed by atoms with Crippen LogP contribution < -0.4 is 0 Å². The van der Waals surface area contributed by atoms with Crippen LogP contribution in [0.4, 0.5) is 0 Å². The highest BCUT2D eigenvalue weighted by atomic mass is 16.5. The van der Waals surface area contributed by atoms with Crippen LogP contribution in [0.25, 0.3) is 0 Å². The number of piperazine rings is 1. The van der Waals surface area contributed by atoms with Gasteiger partial charge in [-0.15, -0.1) is 0 Å². The van der Waals surface area contributed by atoms with Gasteiger partial charge in [0.15, 0.2) is 0 Å². The summed E-state index contributed by atoms with van der Waals surface area (Å²) in [5.74, 6) is -0.768. The van der Waals surface area contributed by atoms with Crippen LogP contribution in [0, 0.1) is 0 Å². The Morgan fingerprint density at radius 3 is 2.35 bits per heavy atom. The number of aliphatic carboxylic acids is 1. The maximum atomic E-state index is 11.0. The number of hydrogen-bond donors (Lipinski definition) is 1. The van der Waals surface area contributed by atoms with Crippen LogP contribution in [-0.4, -0.2) is 72.9 Å². The summed E-state index contributed by atoms with van der Waals surface area (Å²) in [4.78, 5) is 15.6. The standard InChI is InChI=1S/C12H24N2O3/c1-10(17-4)12(2,9-11(15)16)14-7-5-13(3)6-8-14/h10H,5-9H2,1-4H3,(H,15,16). The number of nitrogens with zero attached hydrogens (tertiary/aromatic N) is 2. The van der Waals surface area contributed by atoms with Gasteiger partial charge >= 0.3 is 5.97 Å². The van der Waals surface area contributed by atoms with E-state index < -0.39 is 11.5 Å². The third-order valence-electron chi connectivity index (χ3n) is 3.96. The molecular weight excluding hydrogens is 220 g/mol. The van der Waals surface area contributed by atoms with Gasteiger partial charge < -0.3 is 14.7 Å². The molecule has 0 saturated carbocycles. The van der Waals surface area contributed by atoms with Gasteiger partial charge in [0.05, 0.1) is 18.1 Å². The van der Waals surface area contributed by atoms with Gasteiger partial charge in [-0.25, -0.2) is 0 Å². The van der Waals surface area contributed by atoms with E-state index >= 15 is 0 Å². The molecule has 0 amide bonds. The van der Waals surface area contributed by atoms with Crippen molar-refractivity contribution in [2.75, 3.05) is 40.3 Å². The molecule has 1 aliphatic heterocycles. The Morgan fingerprint density at radius 2 is 1.94 bits per heavy atom. The summed E-state index contributed by atoms with van der Waals surface area (Å²) >= 11 is 0. The summed E-state index contributed by atoms with van der Waals surface area (Å²) in [6.45, 7) is 7.68. The van der Waals surface area contributed by atoms with E-state index in [1.807, 2.05) is 13.8 Å². The Kier molecular flexibility index (Phi) is 4.91. The van der Waals surface area contributed by atoms with Gasteiger partial charge in [0.1, 0.15) is 0 Å². The Balaban J connectivity index is 2.78. The van der Waals surface area contributed by atoms with Gasteiger partial charge in [0.25, 0.3) is 0 Å². The van der Waals surface area contributed by atoms with E-state index in [0.29, 0.717) is 0 Å². The molecule has 5 heteroatoms. The van der Waals surface area contributed by atoms with Crippen LogP contribution in [0.3, 0.4) is 0 Å². The van der Waals surface area contributed by atoms with Crippen LogP contribution in [0.15, 0.2) is 0 Å². The highest BCUT2D eigenvalue weighted by molar-refractivity contribution is 5.68. The summed E-state index contributed by atoms with van der Waals surface area (Å²) in [5, 5.41) is 9.08. The molecular formula is C12H24N2O3. The lowest BCUT2D eigenvalue weighted by Crippen LogP contribution is -2.60. The maximum absolute atomic E-state index is 11.0. The SMILES string of the molecule is COC(C)C(C)(CC(=O)O)N1CCN(C)CC1. The van der Waals surface area contributed by atoms with Crippen molar-refractivity contribution in [3.05, 3.63) is 0 Å². The molecule has 0 bridgehead atoms. The predicted octanol–water partition coefficient (Wildman–Crippen LogP) is 0.502. The van der Waals surface area contributed by atoms with Crippen LogP contribution in [-0.2, 0) is 9.53 Å². The number of carbonyl (C=O) groups is 1. The van der Waals surface area contributed by atoms with Gasteiger partial charge in [-0.2, -0.15) is 0 Å². The Hall–Kier alpha value is -0.650. The number of carboxylic acid groups (broad SMARTS) is 1. The molecule has 1 aliphatic rings. The van der Waals surface area contributed by atoms with Gasteiger partial charge in [-0.05, 0) is 20.9 Å². The summed E-state index contributed by atoms with van der Waals surface area (Å²) in [6.07, 6.45) is 0.0214. The minimum Gasteiger partial charge on any atom is -0.481 e. The lowest BCUT2D eigenvalue weighted by atomic mass is 9.88. The third-order valence-corrected chi connectivity index (χ3v) is 3.96. The van der Waals surface area contributed by atoms with Crippen LogP contribution in [0.2, 0.25) is 0 Å². The zero-order chi connectivity index (χ0) is 13.1. The minimum atomic E-state index is -0.768. The fourth-order valence-corrected chi connectivity index (χ4v) is 2.39. The third kappa shape index (κ3) is 3.40. The molecule has 1 rings (SSSR count). The maximum Gasteiger partial charge on any atom is 0.305 e. The van der Waals surface area contributed by atoms with E-state index in [4.69, 9.17) is 9.84 Å². The second-order valence-electron chi connectivity index (χ2n) is 5.10.